The molecule has 42 valence electrons. The van der Waals surface area contributed by atoms with Gasteiger partial charge in [0.2, 0.25) is 0 Å². The fourth-order valence-electron chi connectivity index (χ4n) is 0.525. The predicted octanol–water partition coefficient (Wildman–Crippen LogP) is -0.349. The van der Waals surface area contributed by atoms with Crippen molar-refractivity contribution in [1.82, 2.24) is 0 Å². The Morgan fingerprint density at radius 1 is 1.38 bits per heavy atom. The number of hydrogen-bond donors (Lipinski definition) is 1. The van der Waals surface area contributed by atoms with Gasteiger partial charge < -0.3 is 0 Å². The second-order valence-corrected chi connectivity index (χ2v) is 2.99. The van der Waals surface area contributed by atoms with Gasteiger partial charge in [-0.25, -0.2) is 0 Å². The molecule has 2 heteroatoms. The van der Waals surface area contributed by atoms with E-state index in [2.05, 4.69) is 0 Å². The Balaban J connectivity index is 3.08. The van der Waals surface area contributed by atoms with E-state index in [9.17, 15) is 0 Å². The first-order chi connectivity index (χ1) is 3.79. The Hall–Kier alpha value is -0.422. The van der Waals surface area contributed by atoms with Crippen molar-refractivity contribution in [2.24, 2.45) is 0 Å². The molecule has 0 radical (unpaired) electrons. The first kappa shape index (κ1) is 5.71. The van der Waals surface area contributed by atoms with Crippen molar-refractivity contribution in [2.75, 3.05) is 0 Å². The molecule has 0 amide bonds. The first-order valence-electron chi connectivity index (χ1n) is 2.33. The van der Waals surface area contributed by atoms with Gasteiger partial charge in [0, 0.05) is 0 Å². The zero-order chi connectivity index (χ0) is 5.98. The number of phenolic OH excluding ortho intramolecular Hbond substituents is 1. The maximum atomic E-state index is 8.82. The fourth-order valence-corrected chi connectivity index (χ4v) is 1.12. The molecule has 1 unspecified atom stereocenters. The Morgan fingerprint density at radius 2 is 2.12 bits per heavy atom. The van der Waals surface area contributed by atoms with E-state index in [0.717, 1.165) is 4.35 Å². The SMILES string of the molecule is Oc1cccc([AsH2])c1. The molecule has 0 aliphatic heterocycles. The Morgan fingerprint density at radius 3 is 2.50 bits per heavy atom. The molecule has 1 atom stereocenters. The van der Waals surface area contributed by atoms with Crippen LogP contribution in [0.4, 0.5) is 0 Å². The molecular formula is C6H7AsO. The molecule has 0 bridgehead atoms. The third-order valence-electron chi connectivity index (χ3n) is 0.870. The van der Waals surface area contributed by atoms with Gasteiger partial charge in [-0.2, -0.15) is 0 Å². The van der Waals surface area contributed by atoms with Gasteiger partial charge in [-0.15, -0.1) is 0 Å². The number of hydrogen-bond acceptors (Lipinski definition) is 1. The summed E-state index contributed by atoms with van der Waals surface area (Å²) >= 11 is 1.52. The van der Waals surface area contributed by atoms with E-state index in [1.54, 1.807) is 12.1 Å². The van der Waals surface area contributed by atoms with Crippen LogP contribution in [-0.2, 0) is 0 Å². The first-order valence-corrected chi connectivity index (χ1v) is 3.54. The van der Waals surface area contributed by atoms with Crippen LogP contribution in [0.15, 0.2) is 24.3 Å². The molecule has 0 heterocycles. The molecule has 0 aromatic heterocycles. The molecule has 0 aliphatic rings. The summed E-state index contributed by atoms with van der Waals surface area (Å²) in [5.41, 5.74) is 0. The number of aromatic hydroxyl groups is 1. The Bertz CT molecular complexity index is 168. The average molecular weight is 170 g/mol. The molecule has 0 spiro atoms. The summed E-state index contributed by atoms with van der Waals surface area (Å²) in [6, 6.07) is 7.23. The van der Waals surface area contributed by atoms with Crippen LogP contribution in [0.5, 0.6) is 5.75 Å². The topological polar surface area (TPSA) is 20.2 Å². The fraction of sp³-hybridized carbons (Fsp3) is 0. The van der Waals surface area contributed by atoms with E-state index >= 15 is 0 Å². The van der Waals surface area contributed by atoms with Crippen molar-refractivity contribution < 1.29 is 5.11 Å². The minimum absolute atomic E-state index is 0.354. The number of benzene rings is 1. The van der Waals surface area contributed by atoms with Gasteiger partial charge in [0.1, 0.15) is 0 Å². The molecule has 1 N–H and O–H groups in total. The average Bonchev–Trinajstić information content (AvgIpc) is 1.64. The minimum atomic E-state index is 0.354. The number of rotatable bonds is 0. The molecule has 0 fully saturated rings. The Kier molecular flexibility index (Phi) is 1.59. The van der Waals surface area contributed by atoms with E-state index in [1.807, 2.05) is 12.1 Å². The van der Waals surface area contributed by atoms with Crippen LogP contribution in [0.2, 0.25) is 0 Å². The van der Waals surface area contributed by atoms with E-state index < -0.39 is 0 Å². The van der Waals surface area contributed by atoms with Crippen molar-refractivity contribution >= 4 is 21.2 Å². The van der Waals surface area contributed by atoms with Crippen LogP contribution >= 0.6 is 0 Å². The molecule has 0 saturated carbocycles. The molecule has 1 rings (SSSR count). The van der Waals surface area contributed by atoms with Gasteiger partial charge in [-0.3, -0.25) is 0 Å². The second kappa shape index (κ2) is 2.23. The van der Waals surface area contributed by atoms with Crippen molar-refractivity contribution in [3.63, 3.8) is 0 Å². The summed E-state index contributed by atoms with van der Waals surface area (Å²) < 4.78 is 1.15. The van der Waals surface area contributed by atoms with Crippen LogP contribution in [0.25, 0.3) is 0 Å². The van der Waals surface area contributed by atoms with Gasteiger partial charge in [-0.05, 0) is 0 Å². The second-order valence-electron chi connectivity index (χ2n) is 1.59. The van der Waals surface area contributed by atoms with Crippen LogP contribution < -0.4 is 4.35 Å². The van der Waals surface area contributed by atoms with Gasteiger partial charge in [-0.1, -0.05) is 0 Å². The summed E-state index contributed by atoms with van der Waals surface area (Å²) in [4.78, 5) is 0. The van der Waals surface area contributed by atoms with Crippen LogP contribution in [-0.4, -0.2) is 22.0 Å². The van der Waals surface area contributed by atoms with E-state index in [-0.39, 0.29) is 0 Å². The van der Waals surface area contributed by atoms with Crippen LogP contribution in [0.1, 0.15) is 0 Å². The van der Waals surface area contributed by atoms with Gasteiger partial charge in [0.15, 0.2) is 0 Å². The molecule has 0 aliphatic carbocycles. The van der Waals surface area contributed by atoms with Crippen molar-refractivity contribution in [3.8, 4) is 5.75 Å². The zero-order valence-electron chi connectivity index (χ0n) is 4.33. The van der Waals surface area contributed by atoms with Gasteiger partial charge >= 0.3 is 56.3 Å². The molecule has 8 heavy (non-hydrogen) atoms. The van der Waals surface area contributed by atoms with Crippen molar-refractivity contribution in [1.29, 1.82) is 0 Å². The summed E-state index contributed by atoms with van der Waals surface area (Å²) in [7, 11) is 0. The standard InChI is InChI=1S/C6H7AsO/c7-5-2-1-3-6(8)4-5/h1-4,8H,7H2. The predicted molar refractivity (Wildman–Crippen MR) is 36.3 cm³/mol. The quantitative estimate of drug-likeness (QED) is 0.527. The summed E-state index contributed by atoms with van der Waals surface area (Å²) in [6.45, 7) is 0. The van der Waals surface area contributed by atoms with Crippen molar-refractivity contribution in [3.05, 3.63) is 24.3 Å². The van der Waals surface area contributed by atoms with Gasteiger partial charge in [0.25, 0.3) is 0 Å². The number of phenols is 1. The van der Waals surface area contributed by atoms with E-state index in [1.165, 1.54) is 16.9 Å². The monoisotopic (exact) mass is 170 g/mol. The van der Waals surface area contributed by atoms with Crippen molar-refractivity contribution in [2.45, 2.75) is 0 Å². The summed E-state index contributed by atoms with van der Waals surface area (Å²) in [5, 5.41) is 8.82. The van der Waals surface area contributed by atoms with E-state index in [0.29, 0.717) is 5.75 Å². The molecule has 1 nitrogen and oxygen atoms in total. The maximum absolute atomic E-state index is 8.82. The molecule has 0 saturated heterocycles. The summed E-state index contributed by atoms with van der Waals surface area (Å²) in [5.74, 6) is 0.354. The zero-order valence-corrected chi connectivity index (χ0v) is 6.76. The third-order valence-corrected chi connectivity index (χ3v) is 1.62. The van der Waals surface area contributed by atoms with E-state index in [4.69, 9.17) is 5.11 Å². The van der Waals surface area contributed by atoms with Gasteiger partial charge in [0.05, 0.1) is 0 Å². The molecular weight excluding hydrogens is 163 g/mol. The Labute approximate surface area is 56.8 Å². The summed E-state index contributed by atoms with van der Waals surface area (Å²) in [6.07, 6.45) is 0. The normalized spacial score (nSPS) is 9.12. The molecule has 1 aromatic carbocycles. The third kappa shape index (κ3) is 1.27. The van der Waals surface area contributed by atoms with Crippen LogP contribution in [0, 0.1) is 0 Å². The molecule has 1 aromatic rings. The van der Waals surface area contributed by atoms with Crippen LogP contribution in [0.3, 0.4) is 0 Å².